The number of nitrogens with zero attached hydrogens (tertiary/aromatic N) is 3. The van der Waals surface area contributed by atoms with Gasteiger partial charge in [0.25, 0.3) is 5.91 Å². The Balaban J connectivity index is 1.50. The molecule has 3 aromatic heterocycles. The second-order valence-electron chi connectivity index (χ2n) is 6.23. The van der Waals surface area contributed by atoms with E-state index in [-0.39, 0.29) is 18.1 Å². The molecule has 0 N–H and O–H groups in total. The number of thiophene rings is 1. The van der Waals surface area contributed by atoms with E-state index in [0.29, 0.717) is 13.2 Å². The van der Waals surface area contributed by atoms with Crippen molar-refractivity contribution in [1.29, 1.82) is 0 Å². The van der Waals surface area contributed by atoms with Crippen LogP contribution in [0.2, 0.25) is 0 Å². The largest absolute Gasteiger partial charge is 0.374 e. The number of fused-ring (bicyclic) bond motifs is 4. The molecule has 7 heteroatoms. The first kappa shape index (κ1) is 13.9. The predicted molar refractivity (Wildman–Crippen MR) is 91.5 cm³/mol. The molecule has 2 aliphatic rings. The molecular weight excluding hydrogens is 330 g/mol. The molecule has 23 heavy (non-hydrogen) atoms. The van der Waals surface area contributed by atoms with Gasteiger partial charge in [-0.15, -0.1) is 22.7 Å². The monoisotopic (exact) mass is 347 g/mol. The first-order chi connectivity index (χ1) is 11.3. The lowest BCUT2D eigenvalue weighted by molar-refractivity contribution is -0.0751. The molecule has 120 valence electrons. The van der Waals surface area contributed by atoms with Gasteiger partial charge in [0.1, 0.15) is 4.83 Å². The minimum atomic E-state index is 0.150. The van der Waals surface area contributed by atoms with Crippen molar-refractivity contribution in [2.24, 2.45) is 0 Å². The highest BCUT2D eigenvalue weighted by Crippen LogP contribution is 2.33. The molecule has 4 heterocycles. The van der Waals surface area contributed by atoms with Gasteiger partial charge in [-0.25, -0.2) is 4.98 Å². The summed E-state index contributed by atoms with van der Waals surface area (Å²) in [7, 11) is 0. The summed E-state index contributed by atoms with van der Waals surface area (Å²) in [6.45, 7) is 1.36. The van der Waals surface area contributed by atoms with Gasteiger partial charge in [-0.2, -0.15) is 0 Å². The normalized spacial score (nSPS) is 25.1. The fourth-order valence-electron chi connectivity index (χ4n) is 3.84. The fourth-order valence-corrected chi connectivity index (χ4v) is 5.60. The molecule has 2 atom stereocenters. The van der Waals surface area contributed by atoms with Crippen LogP contribution in [0.1, 0.15) is 35.4 Å². The Morgan fingerprint density at radius 3 is 3.22 bits per heavy atom. The van der Waals surface area contributed by atoms with Crippen LogP contribution in [-0.2, 0) is 4.74 Å². The first-order valence-electron chi connectivity index (χ1n) is 8.09. The molecular formula is C16H17N3O2S2. The Kier molecular flexibility index (Phi) is 3.21. The number of aromatic nitrogens is 2. The van der Waals surface area contributed by atoms with Gasteiger partial charge < -0.3 is 9.64 Å². The van der Waals surface area contributed by atoms with Gasteiger partial charge in [0.2, 0.25) is 0 Å². The average molecular weight is 347 g/mol. The smallest absolute Gasteiger partial charge is 0.264 e. The van der Waals surface area contributed by atoms with Crippen LogP contribution in [0.5, 0.6) is 0 Å². The third-order valence-electron chi connectivity index (χ3n) is 4.94. The lowest BCUT2D eigenvalue weighted by atomic mass is 9.90. The number of carbonyl (C=O) groups excluding carboxylic acids is 1. The number of amides is 1. The molecule has 2 fully saturated rings. The second kappa shape index (κ2) is 5.29. The summed E-state index contributed by atoms with van der Waals surface area (Å²) in [5, 5.41) is 2.02. The van der Waals surface area contributed by atoms with Crippen molar-refractivity contribution in [3.05, 3.63) is 22.5 Å². The van der Waals surface area contributed by atoms with Crippen LogP contribution in [0.25, 0.3) is 15.3 Å². The SMILES string of the molecule is O=C(c1cc2c(nc3sccn32)s1)N1CCOC2CCCCC21. The summed E-state index contributed by atoms with van der Waals surface area (Å²) in [6.07, 6.45) is 6.80. The predicted octanol–water partition coefficient (Wildman–Crippen LogP) is 3.39. The number of hydrogen-bond donors (Lipinski definition) is 0. The molecule has 1 amide bonds. The molecule has 1 saturated carbocycles. The summed E-state index contributed by atoms with van der Waals surface area (Å²) in [4.78, 5) is 22.4. The summed E-state index contributed by atoms with van der Waals surface area (Å²) < 4.78 is 7.95. The molecule has 0 bridgehead atoms. The number of ether oxygens (including phenoxy) is 1. The third-order valence-corrected chi connectivity index (χ3v) is 6.71. The van der Waals surface area contributed by atoms with Crippen LogP contribution in [0, 0.1) is 0 Å². The maximum absolute atomic E-state index is 13.0. The van der Waals surface area contributed by atoms with E-state index in [4.69, 9.17) is 4.74 Å². The molecule has 3 aromatic rings. The van der Waals surface area contributed by atoms with Crippen molar-refractivity contribution < 1.29 is 9.53 Å². The first-order valence-corrected chi connectivity index (χ1v) is 9.78. The minimum absolute atomic E-state index is 0.150. The molecule has 1 aliphatic heterocycles. The van der Waals surface area contributed by atoms with Gasteiger partial charge in [0.15, 0.2) is 4.96 Å². The number of hydrogen-bond acceptors (Lipinski definition) is 5. The Hall–Kier alpha value is -1.44. The molecule has 0 radical (unpaired) electrons. The van der Waals surface area contributed by atoms with Gasteiger partial charge in [-0.1, -0.05) is 12.8 Å². The maximum atomic E-state index is 13.0. The van der Waals surface area contributed by atoms with Crippen LogP contribution < -0.4 is 0 Å². The van der Waals surface area contributed by atoms with Gasteiger partial charge >= 0.3 is 0 Å². The molecule has 2 unspecified atom stereocenters. The number of morpholine rings is 1. The molecule has 1 aliphatic carbocycles. The summed E-state index contributed by atoms with van der Waals surface area (Å²) in [5.74, 6) is 0.150. The zero-order valence-corrected chi connectivity index (χ0v) is 14.2. The van der Waals surface area contributed by atoms with Gasteiger partial charge in [0, 0.05) is 18.1 Å². The quantitative estimate of drug-likeness (QED) is 0.678. The van der Waals surface area contributed by atoms with E-state index in [1.165, 1.54) is 24.2 Å². The highest BCUT2D eigenvalue weighted by Gasteiger charge is 2.37. The lowest BCUT2D eigenvalue weighted by Gasteiger charge is -2.43. The average Bonchev–Trinajstić information content (AvgIpc) is 3.25. The highest BCUT2D eigenvalue weighted by atomic mass is 32.1. The topological polar surface area (TPSA) is 46.8 Å². The Bertz CT molecular complexity index is 878. The summed E-state index contributed by atoms with van der Waals surface area (Å²) in [6, 6.07) is 2.26. The molecule has 0 spiro atoms. The van der Waals surface area contributed by atoms with Gasteiger partial charge in [0.05, 0.1) is 29.1 Å². The van der Waals surface area contributed by atoms with Crippen LogP contribution >= 0.6 is 22.7 Å². The zero-order valence-electron chi connectivity index (χ0n) is 12.6. The molecule has 1 saturated heterocycles. The number of thiazole rings is 1. The standard InChI is InChI=1S/C16H17N3O2S2/c20-15(18-5-7-21-12-4-2-1-3-10(12)18)13-9-11-14(23-13)17-16-19(11)6-8-22-16/h6,8-10,12H,1-5,7H2. The van der Waals surface area contributed by atoms with E-state index in [9.17, 15) is 4.79 Å². The van der Waals surface area contributed by atoms with Crippen LogP contribution in [0.3, 0.4) is 0 Å². The van der Waals surface area contributed by atoms with Crippen LogP contribution in [0.15, 0.2) is 17.6 Å². The number of imidazole rings is 1. The number of rotatable bonds is 1. The number of carbonyl (C=O) groups is 1. The maximum Gasteiger partial charge on any atom is 0.264 e. The van der Waals surface area contributed by atoms with Gasteiger partial charge in [-0.05, 0) is 18.9 Å². The van der Waals surface area contributed by atoms with Crippen molar-refractivity contribution in [3.63, 3.8) is 0 Å². The van der Waals surface area contributed by atoms with Crippen LogP contribution in [0.4, 0.5) is 0 Å². The Labute approximate surface area is 141 Å². The second-order valence-corrected chi connectivity index (χ2v) is 8.13. The van der Waals surface area contributed by atoms with E-state index in [1.807, 2.05) is 22.5 Å². The fraction of sp³-hybridized carbons (Fsp3) is 0.500. The van der Waals surface area contributed by atoms with Crippen LogP contribution in [-0.4, -0.2) is 45.5 Å². The van der Waals surface area contributed by atoms with E-state index in [1.54, 1.807) is 11.3 Å². The molecule has 5 nitrogen and oxygen atoms in total. The van der Waals surface area contributed by atoms with Crippen molar-refractivity contribution in [3.8, 4) is 0 Å². The highest BCUT2D eigenvalue weighted by molar-refractivity contribution is 7.21. The Morgan fingerprint density at radius 1 is 1.35 bits per heavy atom. The van der Waals surface area contributed by atoms with Crippen molar-refractivity contribution >= 4 is 43.9 Å². The summed E-state index contributed by atoms with van der Waals surface area (Å²) in [5.41, 5.74) is 1.04. The third kappa shape index (κ3) is 2.14. The lowest BCUT2D eigenvalue weighted by Crippen LogP contribution is -2.54. The minimum Gasteiger partial charge on any atom is -0.374 e. The van der Waals surface area contributed by atoms with E-state index < -0.39 is 0 Å². The van der Waals surface area contributed by atoms with E-state index in [0.717, 1.165) is 33.0 Å². The van der Waals surface area contributed by atoms with Crippen molar-refractivity contribution in [2.45, 2.75) is 37.8 Å². The molecule has 5 rings (SSSR count). The molecule has 0 aromatic carbocycles. The van der Waals surface area contributed by atoms with E-state index >= 15 is 0 Å². The van der Waals surface area contributed by atoms with Crippen molar-refractivity contribution in [2.75, 3.05) is 13.2 Å². The Morgan fingerprint density at radius 2 is 2.26 bits per heavy atom. The van der Waals surface area contributed by atoms with Gasteiger partial charge in [-0.3, -0.25) is 9.20 Å². The van der Waals surface area contributed by atoms with Crippen molar-refractivity contribution in [1.82, 2.24) is 14.3 Å². The zero-order chi connectivity index (χ0) is 15.4. The van der Waals surface area contributed by atoms with E-state index in [2.05, 4.69) is 9.38 Å². The summed E-state index contributed by atoms with van der Waals surface area (Å²) >= 11 is 3.13.